The molecule has 0 bridgehead atoms. The van der Waals surface area contributed by atoms with Crippen molar-refractivity contribution in [3.05, 3.63) is 58.9 Å². The molecule has 1 N–H and O–H groups in total. The zero-order valence-electron chi connectivity index (χ0n) is 14.5. The molecule has 3 aromatic rings. The fourth-order valence-electron chi connectivity index (χ4n) is 3.06. The summed E-state index contributed by atoms with van der Waals surface area (Å²) in [7, 11) is 4.23. The number of aromatic nitrogens is 2. The molecule has 126 valence electrons. The number of nitrogens with zero attached hydrogens (tertiary/aromatic N) is 2. The van der Waals surface area contributed by atoms with Crippen molar-refractivity contribution in [1.82, 2.24) is 9.13 Å². The van der Waals surface area contributed by atoms with Crippen molar-refractivity contribution in [3.63, 3.8) is 0 Å². The summed E-state index contributed by atoms with van der Waals surface area (Å²) in [5.41, 5.74) is 3.66. The van der Waals surface area contributed by atoms with E-state index in [9.17, 15) is 0 Å². The largest absolute Gasteiger partial charge is 0.494 e. The molecule has 3 rings (SSSR count). The van der Waals surface area contributed by atoms with Gasteiger partial charge in [0.1, 0.15) is 12.3 Å². The monoisotopic (exact) mass is 342 g/mol. The normalized spacial score (nSPS) is 12.5. The lowest BCUT2D eigenvalue weighted by Crippen LogP contribution is -3.06. The minimum absolute atomic E-state index is 0.698. The molecule has 0 saturated carbocycles. The van der Waals surface area contributed by atoms with Crippen LogP contribution in [0.2, 0.25) is 0 Å². The number of hydrogen-bond donors (Lipinski definition) is 1. The standard InChI is InChI=1S/C19H23N3OS/c1-4-23-16-11-9-15(10-12-16)13-20(2)14-22-18-8-6-5-7-17(18)21(3)19(22)24/h5-12H,4,13-14H2,1-3H3/p+1. The molecule has 1 heterocycles. The number of rotatable bonds is 6. The van der Waals surface area contributed by atoms with Gasteiger partial charge in [-0.15, -0.1) is 0 Å². The molecule has 1 unspecified atom stereocenters. The van der Waals surface area contributed by atoms with Crippen LogP contribution in [0.1, 0.15) is 12.5 Å². The molecule has 2 aromatic carbocycles. The van der Waals surface area contributed by atoms with Gasteiger partial charge in [-0.25, -0.2) is 0 Å². The van der Waals surface area contributed by atoms with Gasteiger partial charge in [0, 0.05) is 12.6 Å². The van der Waals surface area contributed by atoms with Crippen LogP contribution in [0.5, 0.6) is 5.75 Å². The summed E-state index contributed by atoms with van der Waals surface area (Å²) < 4.78 is 10.7. The Morgan fingerprint density at radius 3 is 2.38 bits per heavy atom. The minimum atomic E-state index is 0.698. The van der Waals surface area contributed by atoms with E-state index < -0.39 is 0 Å². The van der Waals surface area contributed by atoms with Crippen LogP contribution in [0, 0.1) is 4.77 Å². The van der Waals surface area contributed by atoms with Gasteiger partial charge in [-0.1, -0.05) is 12.1 Å². The van der Waals surface area contributed by atoms with Crippen LogP contribution in [0.4, 0.5) is 0 Å². The number of nitrogens with one attached hydrogen (secondary N) is 1. The van der Waals surface area contributed by atoms with Gasteiger partial charge in [0.15, 0.2) is 11.4 Å². The smallest absolute Gasteiger partial charge is 0.184 e. The van der Waals surface area contributed by atoms with Crippen molar-refractivity contribution in [2.24, 2.45) is 7.05 Å². The average molecular weight is 342 g/mol. The van der Waals surface area contributed by atoms with Gasteiger partial charge in [-0.2, -0.15) is 0 Å². The first-order chi connectivity index (χ1) is 11.6. The molecule has 0 fully saturated rings. The summed E-state index contributed by atoms with van der Waals surface area (Å²) in [4.78, 5) is 1.38. The van der Waals surface area contributed by atoms with Crippen molar-refractivity contribution in [1.29, 1.82) is 0 Å². The van der Waals surface area contributed by atoms with Gasteiger partial charge in [0.25, 0.3) is 0 Å². The number of fused-ring (bicyclic) bond motifs is 1. The maximum absolute atomic E-state index is 5.62. The lowest BCUT2D eigenvalue weighted by Gasteiger charge is -2.15. The van der Waals surface area contributed by atoms with E-state index in [1.807, 2.05) is 26.1 Å². The van der Waals surface area contributed by atoms with Gasteiger partial charge < -0.3 is 14.2 Å². The number of ether oxygens (including phenoxy) is 1. The quantitative estimate of drug-likeness (QED) is 0.697. The molecule has 0 spiro atoms. The molecule has 0 aliphatic heterocycles. The van der Waals surface area contributed by atoms with E-state index >= 15 is 0 Å². The van der Waals surface area contributed by atoms with Gasteiger partial charge in [-0.3, -0.25) is 4.57 Å². The summed E-state index contributed by atoms with van der Waals surface area (Å²) >= 11 is 5.62. The predicted octanol–water partition coefficient (Wildman–Crippen LogP) is 2.78. The molecule has 5 heteroatoms. The van der Waals surface area contributed by atoms with Gasteiger partial charge in [0.2, 0.25) is 0 Å². The highest BCUT2D eigenvalue weighted by Crippen LogP contribution is 2.15. The molecule has 1 atom stereocenters. The van der Waals surface area contributed by atoms with Crippen molar-refractivity contribution in [2.75, 3.05) is 13.7 Å². The number of aryl methyl sites for hydroxylation is 1. The summed E-state index contributed by atoms with van der Waals surface area (Å²) in [5.74, 6) is 0.926. The van der Waals surface area contributed by atoms with E-state index in [1.165, 1.54) is 21.5 Å². The fraction of sp³-hybridized carbons (Fsp3) is 0.316. The molecule has 0 amide bonds. The summed E-state index contributed by atoms with van der Waals surface area (Å²) in [6.45, 7) is 4.48. The highest BCUT2D eigenvalue weighted by Gasteiger charge is 2.11. The van der Waals surface area contributed by atoms with E-state index in [0.29, 0.717) is 6.61 Å². The Bertz CT molecular complexity index is 880. The van der Waals surface area contributed by atoms with Crippen LogP contribution in [0.25, 0.3) is 11.0 Å². The Morgan fingerprint density at radius 2 is 1.71 bits per heavy atom. The predicted molar refractivity (Wildman–Crippen MR) is 99.9 cm³/mol. The zero-order chi connectivity index (χ0) is 17.1. The van der Waals surface area contributed by atoms with Crippen LogP contribution >= 0.6 is 12.2 Å². The topological polar surface area (TPSA) is 23.5 Å². The van der Waals surface area contributed by atoms with E-state index in [0.717, 1.165) is 23.7 Å². The lowest BCUT2D eigenvalue weighted by molar-refractivity contribution is -0.916. The molecule has 1 aromatic heterocycles. The van der Waals surface area contributed by atoms with Crippen molar-refractivity contribution in [2.45, 2.75) is 20.1 Å². The minimum Gasteiger partial charge on any atom is -0.494 e. The Labute approximate surface area is 147 Å². The molecule has 24 heavy (non-hydrogen) atoms. The number of benzene rings is 2. The summed E-state index contributed by atoms with van der Waals surface area (Å²) in [6, 6.07) is 16.7. The van der Waals surface area contributed by atoms with Crippen molar-refractivity contribution in [3.8, 4) is 5.75 Å². The Hall–Kier alpha value is -2.11. The third kappa shape index (κ3) is 3.37. The third-order valence-electron chi connectivity index (χ3n) is 4.22. The molecule has 0 aliphatic rings. The zero-order valence-corrected chi connectivity index (χ0v) is 15.3. The molecule has 0 radical (unpaired) electrons. The van der Waals surface area contributed by atoms with E-state index in [2.05, 4.69) is 52.6 Å². The molecule has 0 saturated heterocycles. The van der Waals surface area contributed by atoms with Crippen molar-refractivity contribution < 1.29 is 9.64 Å². The van der Waals surface area contributed by atoms with Crippen molar-refractivity contribution >= 4 is 23.3 Å². The second-order valence-electron chi connectivity index (χ2n) is 6.13. The van der Waals surface area contributed by atoms with E-state index in [-0.39, 0.29) is 0 Å². The maximum atomic E-state index is 5.62. The highest BCUT2D eigenvalue weighted by molar-refractivity contribution is 7.71. The summed E-state index contributed by atoms with van der Waals surface area (Å²) in [5, 5.41) is 0. The molecular formula is C19H24N3OS+. The van der Waals surface area contributed by atoms with Gasteiger partial charge in [-0.05, 0) is 55.5 Å². The highest BCUT2D eigenvalue weighted by atomic mass is 32.1. The number of hydrogen-bond acceptors (Lipinski definition) is 2. The molecular weight excluding hydrogens is 318 g/mol. The first-order valence-corrected chi connectivity index (χ1v) is 8.68. The first kappa shape index (κ1) is 16.7. The van der Waals surface area contributed by atoms with E-state index in [4.69, 9.17) is 17.0 Å². The Kier molecular flexibility index (Phi) is 5.02. The number of para-hydroxylation sites is 2. The maximum Gasteiger partial charge on any atom is 0.184 e. The molecule has 4 nitrogen and oxygen atoms in total. The second-order valence-corrected chi connectivity index (χ2v) is 6.49. The number of quaternary nitrogens is 1. The number of imidazole rings is 1. The van der Waals surface area contributed by atoms with Gasteiger partial charge >= 0.3 is 0 Å². The van der Waals surface area contributed by atoms with Gasteiger partial charge in [0.05, 0.1) is 24.7 Å². The SMILES string of the molecule is CCOc1ccc(C[NH+](C)Cn2c(=S)n(C)c3ccccc32)cc1. The van der Waals surface area contributed by atoms with Crippen LogP contribution < -0.4 is 9.64 Å². The summed E-state index contributed by atoms with van der Waals surface area (Å²) in [6.07, 6.45) is 0. The van der Waals surface area contributed by atoms with Crippen LogP contribution in [-0.2, 0) is 20.3 Å². The van der Waals surface area contributed by atoms with Crippen LogP contribution in [0.15, 0.2) is 48.5 Å². The first-order valence-electron chi connectivity index (χ1n) is 8.27. The van der Waals surface area contributed by atoms with E-state index in [1.54, 1.807) is 0 Å². The average Bonchev–Trinajstić information content (AvgIpc) is 2.82. The fourth-order valence-corrected chi connectivity index (χ4v) is 3.32. The third-order valence-corrected chi connectivity index (χ3v) is 4.71. The van der Waals surface area contributed by atoms with Crippen LogP contribution in [-0.4, -0.2) is 22.8 Å². The Balaban J connectivity index is 1.77. The van der Waals surface area contributed by atoms with Crippen LogP contribution in [0.3, 0.4) is 0 Å². The second kappa shape index (κ2) is 7.20. The Morgan fingerprint density at radius 1 is 1.04 bits per heavy atom. The lowest BCUT2D eigenvalue weighted by atomic mass is 10.2. The molecule has 0 aliphatic carbocycles.